The van der Waals surface area contributed by atoms with E-state index < -0.39 is 0 Å². The van der Waals surface area contributed by atoms with E-state index in [1.165, 1.54) is 23.5 Å². The summed E-state index contributed by atoms with van der Waals surface area (Å²) in [5, 5.41) is 9.79. The van der Waals surface area contributed by atoms with Gasteiger partial charge in [0.05, 0.1) is 9.90 Å². The van der Waals surface area contributed by atoms with Crippen molar-refractivity contribution in [1.29, 1.82) is 0 Å². The van der Waals surface area contributed by atoms with Gasteiger partial charge in [-0.15, -0.1) is 11.3 Å². The SMILES string of the molecule is O=C(C=Cc1ccc(O)c(Cl)c1Cl)c1ccc(-c2ccc(Br)cc2)s1. The van der Waals surface area contributed by atoms with Gasteiger partial charge in [0, 0.05) is 9.35 Å². The van der Waals surface area contributed by atoms with Crippen LogP contribution in [-0.4, -0.2) is 10.9 Å². The lowest BCUT2D eigenvalue weighted by atomic mass is 10.1. The lowest BCUT2D eigenvalue weighted by Gasteiger charge is -2.02. The van der Waals surface area contributed by atoms with Crippen molar-refractivity contribution in [1.82, 2.24) is 0 Å². The van der Waals surface area contributed by atoms with Crippen LogP contribution in [0.15, 0.2) is 59.1 Å². The molecule has 0 saturated carbocycles. The molecule has 0 spiro atoms. The van der Waals surface area contributed by atoms with Crippen LogP contribution in [0.3, 0.4) is 0 Å². The van der Waals surface area contributed by atoms with Gasteiger partial charge in [-0.25, -0.2) is 0 Å². The zero-order valence-corrected chi connectivity index (χ0v) is 16.6. The Balaban J connectivity index is 1.80. The minimum atomic E-state index is -0.117. The average Bonchev–Trinajstić information content (AvgIpc) is 3.09. The van der Waals surface area contributed by atoms with Gasteiger partial charge in [-0.05, 0) is 59.7 Å². The number of halogens is 3. The normalized spacial score (nSPS) is 11.2. The molecular weight excluding hydrogens is 443 g/mol. The van der Waals surface area contributed by atoms with E-state index in [4.69, 9.17) is 23.2 Å². The Morgan fingerprint density at radius 3 is 2.44 bits per heavy atom. The molecule has 2 aromatic carbocycles. The summed E-state index contributed by atoms with van der Waals surface area (Å²) in [5.74, 6) is -0.207. The number of phenolic OH excluding ortho intramolecular Hbond substituents is 1. The Morgan fingerprint density at radius 1 is 1.00 bits per heavy atom. The van der Waals surface area contributed by atoms with Crippen molar-refractivity contribution < 1.29 is 9.90 Å². The summed E-state index contributed by atoms with van der Waals surface area (Å²) in [7, 11) is 0. The van der Waals surface area contributed by atoms with E-state index in [-0.39, 0.29) is 21.6 Å². The molecular formula is C19H11BrCl2O2S. The van der Waals surface area contributed by atoms with Gasteiger partial charge < -0.3 is 5.11 Å². The second-order valence-electron chi connectivity index (χ2n) is 5.17. The first-order valence-corrected chi connectivity index (χ1v) is 9.57. The Kier molecular flexibility index (Phi) is 5.64. The van der Waals surface area contributed by atoms with Gasteiger partial charge in [0.15, 0.2) is 5.78 Å². The van der Waals surface area contributed by atoms with E-state index in [1.807, 2.05) is 30.3 Å². The van der Waals surface area contributed by atoms with Gasteiger partial charge >= 0.3 is 0 Å². The third kappa shape index (κ3) is 4.15. The average molecular weight is 454 g/mol. The van der Waals surface area contributed by atoms with E-state index in [9.17, 15) is 9.90 Å². The fourth-order valence-electron chi connectivity index (χ4n) is 2.17. The standard InChI is InChI=1S/C19H11BrCl2O2S/c20-13-5-1-11(2-6-13)16-9-10-17(25-16)14(23)7-3-12-4-8-15(24)19(22)18(12)21/h1-10,24H. The molecule has 3 rings (SSSR count). The van der Waals surface area contributed by atoms with E-state index in [2.05, 4.69) is 15.9 Å². The summed E-state index contributed by atoms with van der Waals surface area (Å²) in [4.78, 5) is 14.0. The molecule has 2 nitrogen and oxygen atoms in total. The lowest BCUT2D eigenvalue weighted by Crippen LogP contribution is -1.89. The molecule has 3 aromatic rings. The first-order valence-electron chi connectivity index (χ1n) is 7.21. The molecule has 1 aromatic heterocycles. The van der Waals surface area contributed by atoms with Crippen molar-refractivity contribution in [2.75, 3.05) is 0 Å². The largest absolute Gasteiger partial charge is 0.506 e. The third-order valence-corrected chi connectivity index (χ3v) is 6.05. The molecule has 6 heteroatoms. The number of thiophene rings is 1. The molecule has 0 radical (unpaired) electrons. The maximum Gasteiger partial charge on any atom is 0.195 e. The fraction of sp³-hybridized carbons (Fsp3) is 0. The number of benzene rings is 2. The summed E-state index contributed by atoms with van der Waals surface area (Å²) < 4.78 is 1.01. The number of rotatable bonds is 4. The molecule has 0 amide bonds. The second kappa shape index (κ2) is 7.75. The topological polar surface area (TPSA) is 37.3 Å². The minimum absolute atomic E-state index is 0.0740. The van der Waals surface area contributed by atoms with Crippen LogP contribution in [0.25, 0.3) is 16.5 Å². The van der Waals surface area contributed by atoms with Crippen molar-refractivity contribution in [3.8, 4) is 16.2 Å². The van der Waals surface area contributed by atoms with Crippen molar-refractivity contribution in [2.45, 2.75) is 0 Å². The Hall–Kier alpha value is -1.59. The molecule has 1 heterocycles. The van der Waals surface area contributed by atoms with E-state index >= 15 is 0 Å². The fourth-order valence-corrected chi connectivity index (χ4v) is 3.76. The molecule has 0 aliphatic carbocycles. The number of carbonyl (C=O) groups is 1. The number of carbonyl (C=O) groups excluding carboxylic acids is 1. The van der Waals surface area contributed by atoms with Crippen LogP contribution in [-0.2, 0) is 0 Å². The van der Waals surface area contributed by atoms with Gasteiger partial charge in [0.1, 0.15) is 10.8 Å². The summed E-state index contributed by atoms with van der Waals surface area (Å²) in [5.41, 5.74) is 1.63. The maximum atomic E-state index is 12.4. The van der Waals surface area contributed by atoms with Crippen LogP contribution in [0.1, 0.15) is 15.2 Å². The highest BCUT2D eigenvalue weighted by Crippen LogP contribution is 2.34. The van der Waals surface area contributed by atoms with Gasteiger partial charge in [0.25, 0.3) is 0 Å². The van der Waals surface area contributed by atoms with Crippen molar-refractivity contribution in [3.63, 3.8) is 0 Å². The van der Waals surface area contributed by atoms with Crippen molar-refractivity contribution >= 4 is 62.3 Å². The molecule has 1 N–H and O–H groups in total. The number of hydrogen-bond acceptors (Lipinski definition) is 3. The second-order valence-corrected chi connectivity index (χ2v) is 7.93. The molecule has 0 atom stereocenters. The van der Waals surface area contributed by atoms with Crippen LogP contribution in [0.2, 0.25) is 10.0 Å². The van der Waals surface area contributed by atoms with E-state index in [1.54, 1.807) is 18.2 Å². The molecule has 0 fully saturated rings. The van der Waals surface area contributed by atoms with Crippen LogP contribution in [0, 0.1) is 0 Å². The number of allylic oxidation sites excluding steroid dienone is 1. The van der Waals surface area contributed by atoms with Gasteiger partial charge in [-0.1, -0.05) is 51.3 Å². The Labute approximate surface area is 167 Å². The molecule has 25 heavy (non-hydrogen) atoms. The Bertz CT molecular complexity index is 962. The Morgan fingerprint density at radius 2 is 1.72 bits per heavy atom. The highest BCUT2D eigenvalue weighted by molar-refractivity contribution is 9.10. The number of phenols is 1. The zero-order valence-electron chi connectivity index (χ0n) is 12.7. The first-order chi connectivity index (χ1) is 12.0. The molecule has 0 aliphatic rings. The van der Waals surface area contributed by atoms with Crippen LogP contribution in [0.4, 0.5) is 0 Å². The van der Waals surface area contributed by atoms with E-state index in [0.717, 1.165) is 14.9 Å². The maximum absolute atomic E-state index is 12.4. The van der Waals surface area contributed by atoms with Crippen molar-refractivity contribution in [3.05, 3.63) is 79.6 Å². The monoisotopic (exact) mass is 452 g/mol. The smallest absolute Gasteiger partial charge is 0.195 e. The van der Waals surface area contributed by atoms with Crippen LogP contribution < -0.4 is 0 Å². The highest BCUT2D eigenvalue weighted by Gasteiger charge is 2.10. The van der Waals surface area contributed by atoms with Crippen LogP contribution >= 0.6 is 50.5 Å². The minimum Gasteiger partial charge on any atom is -0.506 e. The number of ketones is 1. The van der Waals surface area contributed by atoms with Gasteiger partial charge in [-0.3, -0.25) is 4.79 Å². The number of aromatic hydroxyl groups is 1. The summed E-state index contributed by atoms with van der Waals surface area (Å²) in [6.07, 6.45) is 3.04. The molecule has 0 saturated heterocycles. The van der Waals surface area contributed by atoms with Gasteiger partial charge in [-0.2, -0.15) is 0 Å². The molecule has 0 unspecified atom stereocenters. The summed E-state index contributed by atoms with van der Waals surface area (Å²) in [6.45, 7) is 0. The van der Waals surface area contributed by atoms with Crippen LogP contribution in [0.5, 0.6) is 5.75 Å². The van der Waals surface area contributed by atoms with E-state index in [0.29, 0.717) is 10.4 Å². The predicted molar refractivity (Wildman–Crippen MR) is 109 cm³/mol. The molecule has 0 aliphatic heterocycles. The predicted octanol–water partition coefficient (Wildman–Crippen LogP) is 7.09. The zero-order chi connectivity index (χ0) is 18.0. The lowest BCUT2D eigenvalue weighted by molar-refractivity contribution is 0.105. The molecule has 126 valence electrons. The summed E-state index contributed by atoms with van der Waals surface area (Å²) in [6, 6.07) is 14.7. The third-order valence-electron chi connectivity index (χ3n) is 3.48. The van der Waals surface area contributed by atoms with Crippen molar-refractivity contribution in [2.24, 2.45) is 0 Å². The quantitative estimate of drug-likeness (QED) is 0.338. The molecule has 0 bridgehead atoms. The first kappa shape index (κ1) is 18.2. The highest BCUT2D eigenvalue weighted by atomic mass is 79.9. The summed E-state index contributed by atoms with van der Waals surface area (Å²) >= 11 is 16.8. The van der Waals surface area contributed by atoms with Gasteiger partial charge in [0.2, 0.25) is 0 Å². The number of hydrogen-bond donors (Lipinski definition) is 1.